The maximum absolute atomic E-state index is 13.6. The molecular weight excluding hydrogens is 389 g/mol. The fraction of sp³-hybridized carbons (Fsp3) is 0.529. The van der Waals surface area contributed by atoms with Crippen LogP contribution in [0.2, 0.25) is 0 Å². The first-order valence-corrected chi connectivity index (χ1v) is 9.29. The van der Waals surface area contributed by atoms with E-state index in [1.165, 1.54) is 0 Å². The molecule has 0 aromatic carbocycles. The number of halogens is 3. The average molecular weight is 410 g/mol. The van der Waals surface area contributed by atoms with E-state index in [4.69, 9.17) is 10.5 Å². The summed E-state index contributed by atoms with van der Waals surface area (Å²) in [6, 6.07) is 0.804. The number of alkyl halides is 3. The van der Waals surface area contributed by atoms with Crippen molar-refractivity contribution in [2.45, 2.75) is 6.18 Å². The lowest BCUT2D eigenvalue weighted by Gasteiger charge is -2.30. The van der Waals surface area contributed by atoms with E-state index < -0.39 is 11.7 Å². The van der Waals surface area contributed by atoms with E-state index in [1.54, 1.807) is 0 Å². The van der Waals surface area contributed by atoms with Crippen LogP contribution >= 0.6 is 0 Å². The molecule has 0 bridgehead atoms. The molecule has 2 aromatic rings. The Morgan fingerprint density at radius 3 is 2.21 bits per heavy atom. The molecule has 2 aliphatic rings. The van der Waals surface area contributed by atoms with Gasteiger partial charge in [-0.05, 0) is 6.07 Å². The van der Waals surface area contributed by atoms with Crippen molar-refractivity contribution in [1.82, 2.24) is 25.3 Å². The van der Waals surface area contributed by atoms with Crippen LogP contribution < -0.4 is 20.9 Å². The number of nitrogens with two attached hydrogens (primary N) is 1. The van der Waals surface area contributed by atoms with Crippen molar-refractivity contribution >= 4 is 17.7 Å². The first-order valence-electron chi connectivity index (χ1n) is 9.29. The summed E-state index contributed by atoms with van der Waals surface area (Å²) in [5.74, 6) is 0.389. The fourth-order valence-corrected chi connectivity index (χ4v) is 3.27. The summed E-state index contributed by atoms with van der Waals surface area (Å²) in [6.45, 7) is 4.89. The summed E-state index contributed by atoms with van der Waals surface area (Å²) in [4.78, 5) is 20.9. The number of aromatic nitrogens is 4. The highest BCUT2D eigenvalue weighted by molar-refractivity contribution is 5.64. The third-order valence-corrected chi connectivity index (χ3v) is 4.78. The van der Waals surface area contributed by atoms with Gasteiger partial charge in [0, 0.05) is 45.5 Å². The topological polar surface area (TPSA) is 105 Å². The van der Waals surface area contributed by atoms with Gasteiger partial charge in [-0.3, -0.25) is 0 Å². The van der Waals surface area contributed by atoms with Crippen LogP contribution in [0.1, 0.15) is 5.56 Å². The Bertz CT molecular complexity index is 830. The number of piperazine rings is 1. The van der Waals surface area contributed by atoms with Gasteiger partial charge in [0.15, 0.2) is 5.82 Å². The van der Waals surface area contributed by atoms with Crippen LogP contribution in [0, 0.1) is 0 Å². The Kier molecular flexibility index (Phi) is 5.37. The lowest BCUT2D eigenvalue weighted by molar-refractivity contribution is -0.137. The van der Waals surface area contributed by atoms with E-state index in [2.05, 4.69) is 25.3 Å². The summed E-state index contributed by atoms with van der Waals surface area (Å²) >= 11 is 0. The van der Waals surface area contributed by atoms with Crippen LogP contribution in [0.5, 0.6) is 0 Å². The SMILES string of the molecule is Nc1cc(C(F)(F)F)c(-c2nc(N3CCNCC3)nc(N3CCOCC3)n2)cn1. The van der Waals surface area contributed by atoms with Crippen LogP contribution in [-0.4, -0.2) is 72.4 Å². The number of nitrogen functional groups attached to an aromatic ring is 1. The van der Waals surface area contributed by atoms with E-state index in [0.29, 0.717) is 51.3 Å². The summed E-state index contributed by atoms with van der Waals surface area (Å²) in [7, 11) is 0. The van der Waals surface area contributed by atoms with Gasteiger partial charge in [-0.25, -0.2) is 4.98 Å². The minimum atomic E-state index is -4.62. The maximum Gasteiger partial charge on any atom is 0.417 e. The van der Waals surface area contributed by atoms with Crippen molar-refractivity contribution in [2.24, 2.45) is 0 Å². The Hall–Kier alpha value is -2.73. The molecule has 4 heterocycles. The second-order valence-electron chi connectivity index (χ2n) is 6.75. The molecule has 2 aromatic heterocycles. The molecule has 2 fully saturated rings. The third kappa shape index (κ3) is 4.32. The van der Waals surface area contributed by atoms with Crippen LogP contribution in [-0.2, 0) is 10.9 Å². The molecule has 0 atom stereocenters. The van der Waals surface area contributed by atoms with E-state index in [1.807, 2.05) is 9.80 Å². The number of hydrogen-bond donors (Lipinski definition) is 2. The highest BCUT2D eigenvalue weighted by Gasteiger charge is 2.35. The molecule has 0 spiro atoms. The molecule has 29 heavy (non-hydrogen) atoms. The zero-order valence-electron chi connectivity index (χ0n) is 15.6. The predicted molar refractivity (Wildman–Crippen MR) is 101 cm³/mol. The van der Waals surface area contributed by atoms with Gasteiger partial charge in [-0.2, -0.15) is 28.1 Å². The number of nitrogens with zero attached hydrogens (tertiary/aromatic N) is 6. The van der Waals surface area contributed by atoms with E-state index in [0.717, 1.165) is 25.4 Å². The lowest BCUT2D eigenvalue weighted by atomic mass is 10.1. The van der Waals surface area contributed by atoms with Gasteiger partial charge >= 0.3 is 6.18 Å². The number of ether oxygens (including phenoxy) is 1. The van der Waals surface area contributed by atoms with Crippen LogP contribution in [0.4, 0.5) is 30.9 Å². The molecule has 4 rings (SSSR count). The Morgan fingerprint density at radius 2 is 1.59 bits per heavy atom. The molecule has 12 heteroatoms. The standard InChI is InChI=1S/C17H21F3N8O/c18-17(19,20)12-9-13(21)23-10-11(12)14-24-15(27-3-1-22-2-4-27)26-16(25-14)28-5-7-29-8-6-28/h9-10,22H,1-8H2,(H2,21,23). The highest BCUT2D eigenvalue weighted by Crippen LogP contribution is 2.37. The number of nitrogens with one attached hydrogen (secondary N) is 1. The normalized spacial score (nSPS) is 18.2. The largest absolute Gasteiger partial charge is 0.417 e. The molecule has 0 aliphatic carbocycles. The maximum atomic E-state index is 13.6. The fourth-order valence-electron chi connectivity index (χ4n) is 3.27. The van der Waals surface area contributed by atoms with Gasteiger partial charge in [0.25, 0.3) is 0 Å². The van der Waals surface area contributed by atoms with E-state index in [-0.39, 0.29) is 17.2 Å². The zero-order valence-corrected chi connectivity index (χ0v) is 15.6. The second kappa shape index (κ2) is 7.95. The molecule has 0 radical (unpaired) electrons. The third-order valence-electron chi connectivity index (χ3n) is 4.78. The van der Waals surface area contributed by atoms with Crippen LogP contribution in [0.25, 0.3) is 11.4 Å². The smallest absolute Gasteiger partial charge is 0.384 e. The zero-order chi connectivity index (χ0) is 20.4. The number of pyridine rings is 1. The van der Waals surface area contributed by atoms with Gasteiger partial charge in [-0.15, -0.1) is 0 Å². The molecule has 3 N–H and O–H groups in total. The van der Waals surface area contributed by atoms with Crippen molar-refractivity contribution in [2.75, 3.05) is 68.0 Å². The predicted octanol–water partition coefficient (Wildman–Crippen LogP) is 0.781. The summed E-state index contributed by atoms with van der Waals surface area (Å²) < 4.78 is 46.2. The molecule has 2 saturated heterocycles. The quantitative estimate of drug-likeness (QED) is 0.759. The number of morpholine rings is 1. The first-order chi connectivity index (χ1) is 13.9. The monoisotopic (exact) mass is 410 g/mol. The van der Waals surface area contributed by atoms with Crippen molar-refractivity contribution in [1.29, 1.82) is 0 Å². The van der Waals surface area contributed by atoms with Gasteiger partial charge < -0.3 is 25.6 Å². The van der Waals surface area contributed by atoms with E-state index >= 15 is 0 Å². The lowest BCUT2D eigenvalue weighted by Crippen LogP contribution is -2.44. The van der Waals surface area contributed by atoms with Gasteiger partial charge in [-0.1, -0.05) is 0 Å². The average Bonchev–Trinajstić information content (AvgIpc) is 2.74. The first kappa shape index (κ1) is 19.6. The van der Waals surface area contributed by atoms with Crippen molar-refractivity contribution < 1.29 is 17.9 Å². The minimum Gasteiger partial charge on any atom is -0.384 e. The van der Waals surface area contributed by atoms with Crippen molar-refractivity contribution in [3.8, 4) is 11.4 Å². The molecule has 0 amide bonds. The number of hydrogen-bond acceptors (Lipinski definition) is 9. The van der Waals surface area contributed by atoms with Gasteiger partial charge in [0.1, 0.15) is 5.82 Å². The van der Waals surface area contributed by atoms with Crippen molar-refractivity contribution in [3.05, 3.63) is 17.8 Å². The van der Waals surface area contributed by atoms with Gasteiger partial charge in [0.2, 0.25) is 11.9 Å². The van der Waals surface area contributed by atoms with Gasteiger partial charge in [0.05, 0.1) is 24.3 Å². The summed E-state index contributed by atoms with van der Waals surface area (Å²) in [5.41, 5.74) is 4.35. The minimum absolute atomic E-state index is 0.0742. The molecule has 0 unspecified atom stereocenters. The number of anilines is 3. The Morgan fingerprint density at radius 1 is 0.966 bits per heavy atom. The summed E-state index contributed by atoms with van der Waals surface area (Å²) in [6.07, 6.45) is -3.55. The molecule has 156 valence electrons. The molecule has 2 aliphatic heterocycles. The molecule has 9 nitrogen and oxygen atoms in total. The summed E-state index contributed by atoms with van der Waals surface area (Å²) in [5, 5.41) is 3.23. The molecule has 0 saturated carbocycles. The van der Waals surface area contributed by atoms with Crippen molar-refractivity contribution in [3.63, 3.8) is 0 Å². The Labute approximate surface area is 165 Å². The van der Waals surface area contributed by atoms with E-state index in [9.17, 15) is 13.2 Å². The highest BCUT2D eigenvalue weighted by atomic mass is 19.4. The Balaban J connectivity index is 1.82. The van der Waals surface area contributed by atoms with Crippen LogP contribution in [0.15, 0.2) is 12.3 Å². The molecular formula is C17H21F3N8O. The van der Waals surface area contributed by atoms with Crippen LogP contribution in [0.3, 0.4) is 0 Å². The number of rotatable bonds is 3. The second-order valence-corrected chi connectivity index (χ2v) is 6.75.